The molecule has 10 heteroatoms. The lowest BCUT2D eigenvalue weighted by Gasteiger charge is -2.32. The van der Waals surface area contributed by atoms with Gasteiger partial charge in [0.2, 0.25) is 17.7 Å². The van der Waals surface area contributed by atoms with Gasteiger partial charge in [0.1, 0.15) is 18.1 Å². The molecule has 0 aromatic carbocycles. The normalized spacial score (nSPS) is 28.4. The Labute approximate surface area is 169 Å². The summed E-state index contributed by atoms with van der Waals surface area (Å²) in [4.78, 5) is 52.6. The molecule has 9 nitrogen and oxygen atoms in total. The van der Waals surface area contributed by atoms with Crippen LogP contribution in [0.1, 0.15) is 38.5 Å². The van der Waals surface area contributed by atoms with Gasteiger partial charge in [0.25, 0.3) is 0 Å². The van der Waals surface area contributed by atoms with Crippen LogP contribution in [0.2, 0.25) is 0 Å². The third-order valence-electron chi connectivity index (χ3n) is 5.82. The van der Waals surface area contributed by atoms with E-state index < -0.39 is 24.1 Å². The molecular weight excluding hydrogens is 384 g/mol. The van der Waals surface area contributed by atoms with Crippen LogP contribution in [0.3, 0.4) is 0 Å². The molecule has 3 N–H and O–H groups in total. The molecule has 0 aliphatic carbocycles. The largest absolute Gasteiger partial charge is 0.480 e. The van der Waals surface area contributed by atoms with Gasteiger partial charge in [-0.25, -0.2) is 4.79 Å². The molecule has 0 unspecified atom stereocenters. The van der Waals surface area contributed by atoms with Crippen molar-refractivity contribution in [2.24, 2.45) is 0 Å². The molecule has 28 heavy (non-hydrogen) atoms. The van der Waals surface area contributed by atoms with Gasteiger partial charge in [-0.2, -0.15) is 12.6 Å². The molecule has 0 aromatic heterocycles. The smallest absolute Gasteiger partial charge is 0.326 e. The van der Waals surface area contributed by atoms with Crippen LogP contribution >= 0.6 is 12.6 Å². The van der Waals surface area contributed by atoms with E-state index in [-0.39, 0.29) is 29.5 Å². The standard InChI is InChI=1S/C18H28N4O5S/c23-15(11-4-1-7-19-11)20-12(10-28)16(24)21-8-2-5-13(21)17(25)22-9-3-6-14(22)18(26)27/h11-14,19,28H,1-10H2,(H,20,23)(H,26,27)/t11-,12-,13-,14-/m0/s1. The van der Waals surface area contributed by atoms with Crippen LogP contribution in [0.15, 0.2) is 0 Å². The second kappa shape index (κ2) is 9.13. The third-order valence-corrected chi connectivity index (χ3v) is 6.18. The van der Waals surface area contributed by atoms with E-state index in [2.05, 4.69) is 23.3 Å². The van der Waals surface area contributed by atoms with E-state index in [0.29, 0.717) is 38.8 Å². The fraction of sp³-hybridized carbons (Fsp3) is 0.778. The molecule has 3 rings (SSSR count). The lowest BCUT2D eigenvalue weighted by molar-refractivity contribution is -0.152. The number of carbonyl (C=O) groups excluding carboxylic acids is 3. The molecule has 3 heterocycles. The van der Waals surface area contributed by atoms with Crippen molar-refractivity contribution in [3.05, 3.63) is 0 Å². The Morgan fingerprint density at radius 2 is 1.71 bits per heavy atom. The van der Waals surface area contributed by atoms with E-state index in [4.69, 9.17) is 0 Å². The van der Waals surface area contributed by atoms with Crippen molar-refractivity contribution < 1.29 is 24.3 Å². The highest BCUT2D eigenvalue weighted by atomic mass is 32.1. The monoisotopic (exact) mass is 412 g/mol. The Hall–Kier alpha value is -1.81. The minimum absolute atomic E-state index is 0.135. The van der Waals surface area contributed by atoms with Gasteiger partial charge in [-0.15, -0.1) is 0 Å². The Morgan fingerprint density at radius 3 is 2.32 bits per heavy atom. The van der Waals surface area contributed by atoms with E-state index in [1.54, 1.807) is 0 Å². The molecule has 3 saturated heterocycles. The van der Waals surface area contributed by atoms with Gasteiger partial charge in [-0.1, -0.05) is 0 Å². The van der Waals surface area contributed by atoms with Crippen molar-refractivity contribution in [1.29, 1.82) is 0 Å². The minimum Gasteiger partial charge on any atom is -0.480 e. The van der Waals surface area contributed by atoms with Gasteiger partial charge in [0.05, 0.1) is 6.04 Å². The van der Waals surface area contributed by atoms with Crippen LogP contribution in [0.5, 0.6) is 0 Å². The lowest BCUT2D eigenvalue weighted by atomic mass is 10.1. The first kappa shape index (κ1) is 20.9. The number of carbonyl (C=O) groups is 4. The van der Waals surface area contributed by atoms with Crippen LogP contribution in [-0.2, 0) is 19.2 Å². The quantitative estimate of drug-likeness (QED) is 0.425. The molecule has 4 atom stereocenters. The van der Waals surface area contributed by atoms with E-state index in [1.165, 1.54) is 9.80 Å². The maximum Gasteiger partial charge on any atom is 0.326 e. The maximum absolute atomic E-state index is 13.0. The summed E-state index contributed by atoms with van der Waals surface area (Å²) < 4.78 is 0. The van der Waals surface area contributed by atoms with Crippen molar-refractivity contribution in [3.8, 4) is 0 Å². The number of nitrogens with zero attached hydrogens (tertiary/aromatic N) is 2. The van der Waals surface area contributed by atoms with Crippen molar-refractivity contribution in [2.45, 2.75) is 62.7 Å². The Balaban J connectivity index is 1.66. The molecule has 0 aromatic rings. The fourth-order valence-corrected chi connectivity index (χ4v) is 4.58. The predicted octanol–water partition coefficient (Wildman–Crippen LogP) is -0.780. The summed E-state index contributed by atoms with van der Waals surface area (Å²) >= 11 is 4.22. The zero-order chi connectivity index (χ0) is 20.3. The number of hydrogen-bond donors (Lipinski definition) is 4. The second-order valence-electron chi connectivity index (χ2n) is 7.61. The van der Waals surface area contributed by atoms with E-state index in [0.717, 1.165) is 19.4 Å². The number of thiol groups is 1. The number of carboxylic acid groups (broad SMARTS) is 1. The van der Waals surface area contributed by atoms with Crippen LogP contribution in [0.25, 0.3) is 0 Å². The van der Waals surface area contributed by atoms with Crippen molar-refractivity contribution in [1.82, 2.24) is 20.4 Å². The van der Waals surface area contributed by atoms with Crippen molar-refractivity contribution in [3.63, 3.8) is 0 Å². The molecule has 0 spiro atoms. The van der Waals surface area contributed by atoms with Crippen LogP contribution < -0.4 is 10.6 Å². The molecule has 3 aliphatic heterocycles. The number of rotatable bonds is 6. The highest BCUT2D eigenvalue weighted by Crippen LogP contribution is 2.25. The van der Waals surface area contributed by atoms with E-state index in [1.807, 2.05) is 0 Å². The van der Waals surface area contributed by atoms with Crippen molar-refractivity contribution >= 4 is 36.3 Å². The highest BCUT2D eigenvalue weighted by Gasteiger charge is 2.43. The topological polar surface area (TPSA) is 119 Å². The molecule has 3 fully saturated rings. The molecule has 0 bridgehead atoms. The summed E-state index contributed by atoms with van der Waals surface area (Å²) in [5, 5.41) is 15.2. The highest BCUT2D eigenvalue weighted by molar-refractivity contribution is 7.80. The van der Waals surface area contributed by atoms with Crippen LogP contribution in [0, 0.1) is 0 Å². The average Bonchev–Trinajstić information content (AvgIpc) is 3.44. The first-order chi connectivity index (χ1) is 13.4. The van der Waals surface area contributed by atoms with Gasteiger partial charge >= 0.3 is 5.97 Å². The summed E-state index contributed by atoms with van der Waals surface area (Å²) in [6.45, 7) is 1.60. The SMILES string of the molecule is O=C(N[C@@H](CS)C(=O)N1CCC[C@H]1C(=O)N1CCC[C@H]1C(=O)O)[C@@H]1CCCN1. The van der Waals surface area contributed by atoms with E-state index >= 15 is 0 Å². The third kappa shape index (κ3) is 4.27. The Kier molecular flexibility index (Phi) is 6.82. The second-order valence-corrected chi connectivity index (χ2v) is 7.98. The Bertz CT molecular complexity index is 639. The number of aliphatic carboxylic acids is 1. The van der Waals surface area contributed by atoms with Gasteiger partial charge in [-0.3, -0.25) is 14.4 Å². The summed E-state index contributed by atoms with van der Waals surface area (Å²) in [7, 11) is 0. The maximum atomic E-state index is 13.0. The molecule has 156 valence electrons. The molecular formula is C18H28N4O5S. The first-order valence-electron chi connectivity index (χ1n) is 9.92. The molecule has 0 radical (unpaired) electrons. The zero-order valence-electron chi connectivity index (χ0n) is 15.8. The zero-order valence-corrected chi connectivity index (χ0v) is 16.7. The predicted molar refractivity (Wildman–Crippen MR) is 104 cm³/mol. The number of carboxylic acids is 1. The molecule has 3 aliphatic rings. The molecule has 3 amide bonds. The number of hydrogen-bond acceptors (Lipinski definition) is 6. The van der Waals surface area contributed by atoms with Crippen LogP contribution in [0.4, 0.5) is 0 Å². The first-order valence-corrected chi connectivity index (χ1v) is 10.6. The van der Waals surface area contributed by atoms with E-state index in [9.17, 15) is 24.3 Å². The number of nitrogens with one attached hydrogen (secondary N) is 2. The Morgan fingerprint density at radius 1 is 1.04 bits per heavy atom. The fourth-order valence-electron chi connectivity index (χ4n) is 4.33. The van der Waals surface area contributed by atoms with Gasteiger partial charge in [-0.05, 0) is 45.1 Å². The van der Waals surface area contributed by atoms with Gasteiger partial charge < -0.3 is 25.5 Å². The average molecular weight is 413 g/mol. The minimum atomic E-state index is -1.01. The summed E-state index contributed by atoms with van der Waals surface area (Å²) in [5.41, 5.74) is 0. The summed E-state index contributed by atoms with van der Waals surface area (Å²) in [6, 6.07) is -2.59. The van der Waals surface area contributed by atoms with Gasteiger partial charge in [0, 0.05) is 18.8 Å². The van der Waals surface area contributed by atoms with Gasteiger partial charge in [0.15, 0.2) is 0 Å². The molecule has 0 saturated carbocycles. The lowest BCUT2D eigenvalue weighted by Crippen LogP contribution is -2.57. The number of likely N-dealkylation sites (tertiary alicyclic amines) is 2. The van der Waals surface area contributed by atoms with Crippen molar-refractivity contribution in [2.75, 3.05) is 25.4 Å². The summed E-state index contributed by atoms with van der Waals surface area (Å²) in [5.74, 6) is -1.74. The number of amides is 3. The van der Waals surface area contributed by atoms with Crippen LogP contribution in [-0.4, -0.2) is 88.2 Å². The summed E-state index contributed by atoms with van der Waals surface area (Å²) in [6.07, 6.45) is 3.91.